The van der Waals surface area contributed by atoms with E-state index in [1.54, 1.807) is 7.11 Å². The summed E-state index contributed by atoms with van der Waals surface area (Å²) in [6.07, 6.45) is 0. The Morgan fingerprint density at radius 2 is 1.69 bits per heavy atom. The first-order chi connectivity index (χ1) is 14.3. The minimum Gasteiger partial charge on any atom is -0.495 e. The lowest BCUT2D eigenvalue weighted by Crippen LogP contribution is -2.52. The molecule has 2 aromatic carbocycles. The molecular weight excluding hydrogens is 364 g/mol. The Bertz CT molecular complexity index is 801. The Balaban J connectivity index is 1.57. The second kappa shape index (κ2) is 10.7. The van der Waals surface area contributed by atoms with Crippen molar-refractivity contribution in [1.29, 1.82) is 0 Å². The molecule has 29 heavy (non-hydrogen) atoms. The van der Waals surface area contributed by atoms with Gasteiger partial charge in [0.2, 0.25) is 0 Å². The molecule has 0 amide bonds. The number of ether oxygens (including phenoxy) is 2. The summed E-state index contributed by atoms with van der Waals surface area (Å²) < 4.78 is 11.1. The minimum atomic E-state index is 0.643. The minimum absolute atomic E-state index is 0.643. The zero-order chi connectivity index (χ0) is 20.5. The normalized spacial score (nSPS) is 14.8. The molecule has 1 saturated heterocycles. The van der Waals surface area contributed by atoms with Gasteiger partial charge in [-0.15, -0.1) is 0 Å². The average molecular weight is 397 g/mol. The van der Waals surface area contributed by atoms with E-state index < -0.39 is 0 Å². The molecule has 1 fully saturated rings. The van der Waals surface area contributed by atoms with Crippen molar-refractivity contribution >= 4 is 11.6 Å². The van der Waals surface area contributed by atoms with Crippen molar-refractivity contribution in [3.8, 4) is 5.75 Å². The molecule has 6 heteroatoms. The number of hydrogen-bond donors (Lipinski definition) is 1. The monoisotopic (exact) mass is 396 g/mol. The molecule has 0 unspecified atom stereocenters. The van der Waals surface area contributed by atoms with Crippen molar-refractivity contribution in [2.75, 3.05) is 51.8 Å². The van der Waals surface area contributed by atoms with Crippen molar-refractivity contribution in [3.05, 3.63) is 59.7 Å². The molecule has 0 aliphatic carbocycles. The van der Waals surface area contributed by atoms with Gasteiger partial charge in [0.05, 0.1) is 19.4 Å². The van der Waals surface area contributed by atoms with E-state index in [0.29, 0.717) is 6.61 Å². The van der Waals surface area contributed by atoms with Crippen LogP contribution in [-0.4, -0.2) is 57.8 Å². The average Bonchev–Trinajstić information content (AvgIpc) is 2.79. The van der Waals surface area contributed by atoms with Crippen LogP contribution in [0.3, 0.4) is 0 Å². The van der Waals surface area contributed by atoms with Crippen LogP contribution in [0.2, 0.25) is 0 Å². The van der Waals surface area contributed by atoms with E-state index in [4.69, 9.17) is 9.47 Å². The number of benzene rings is 2. The fraction of sp³-hybridized carbons (Fsp3) is 0.435. The highest BCUT2D eigenvalue weighted by molar-refractivity contribution is 5.80. The van der Waals surface area contributed by atoms with E-state index in [1.807, 2.05) is 26.1 Å². The smallest absolute Gasteiger partial charge is 0.194 e. The van der Waals surface area contributed by atoms with Gasteiger partial charge in [-0.1, -0.05) is 36.4 Å². The van der Waals surface area contributed by atoms with Crippen molar-refractivity contribution in [2.45, 2.75) is 20.1 Å². The number of piperazine rings is 1. The summed E-state index contributed by atoms with van der Waals surface area (Å²) in [6, 6.07) is 16.6. The summed E-state index contributed by atoms with van der Waals surface area (Å²) in [5.74, 6) is 1.87. The molecule has 2 aromatic rings. The van der Waals surface area contributed by atoms with Gasteiger partial charge in [-0.25, -0.2) is 0 Å². The Labute approximate surface area is 174 Å². The molecule has 1 N–H and O–H groups in total. The number of nitrogens with one attached hydrogen (secondary N) is 1. The van der Waals surface area contributed by atoms with Crippen molar-refractivity contribution < 1.29 is 9.47 Å². The van der Waals surface area contributed by atoms with Crippen LogP contribution in [0.5, 0.6) is 5.75 Å². The number of rotatable bonds is 7. The first-order valence-electron chi connectivity index (χ1n) is 10.2. The highest BCUT2D eigenvalue weighted by Crippen LogP contribution is 2.28. The van der Waals surface area contributed by atoms with Gasteiger partial charge >= 0.3 is 0 Å². The van der Waals surface area contributed by atoms with Crippen molar-refractivity contribution in [3.63, 3.8) is 0 Å². The molecule has 0 aromatic heterocycles. The Kier molecular flexibility index (Phi) is 7.76. The van der Waals surface area contributed by atoms with Crippen LogP contribution < -0.4 is 15.0 Å². The number of guanidine groups is 1. The predicted octanol–water partition coefficient (Wildman–Crippen LogP) is 3.13. The van der Waals surface area contributed by atoms with E-state index in [2.05, 4.69) is 56.5 Å². The first kappa shape index (κ1) is 21.0. The van der Waals surface area contributed by atoms with Crippen LogP contribution >= 0.6 is 0 Å². The third-order valence-corrected chi connectivity index (χ3v) is 5.23. The molecule has 0 saturated carbocycles. The largest absolute Gasteiger partial charge is 0.495 e. The third-order valence-electron chi connectivity index (χ3n) is 5.23. The fourth-order valence-corrected chi connectivity index (χ4v) is 3.64. The lowest BCUT2D eigenvalue weighted by atomic mass is 10.1. The van der Waals surface area contributed by atoms with Crippen molar-refractivity contribution in [1.82, 2.24) is 10.2 Å². The molecule has 0 radical (unpaired) electrons. The van der Waals surface area contributed by atoms with Gasteiger partial charge in [-0.3, -0.25) is 4.99 Å². The lowest BCUT2D eigenvalue weighted by Gasteiger charge is -2.38. The van der Waals surface area contributed by atoms with Crippen LogP contribution in [0.1, 0.15) is 18.1 Å². The van der Waals surface area contributed by atoms with Gasteiger partial charge < -0.3 is 24.6 Å². The highest BCUT2D eigenvalue weighted by Gasteiger charge is 2.21. The fourth-order valence-electron chi connectivity index (χ4n) is 3.64. The van der Waals surface area contributed by atoms with Crippen LogP contribution in [0.15, 0.2) is 53.5 Å². The first-order valence-corrected chi connectivity index (χ1v) is 10.2. The summed E-state index contributed by atoms with van der Waals surface area (Å²) in [6.45, 7) is 7.82. The van der Waals surface area contributed by atoms with E-state index in [9.17, 15) is 0 Å². The van der Waals surface area contributed by atoms with E-state index in [1.165, 1.54) is 11.1 Å². The van der Waals surface area contributed by atoms with Crippen LogP contribution in [0, 0.1) is 0 Å². The van der Waals surface area contributed by atoms with Crippen LogP contribution in [-0.2, 0) is 17.9 Å². The standard InChI is InChI=1S/C23H32N4O2/c1-4-29-18-20-10-6-5-9-19(20)17-25-23(24-2)27-15-13-26(14-16-27)21-11-7-8-12-22(21)28-3/h5-12H,4,13-18H2,1-3H3,(H,24,25). The van der Waals surface area contributed by atoms with Crippen LogP contribution in [0.25, 0.3) is 0 Å². The molecule has 1 aliphatic heterocycles. The Hall–Kier alpha value is -2.73. The zero-order valence-electron chi connectivity index (χ0n) is 17.7. The molecule has 0 bridgehead atoms. The van der Waals surface area contributed by atoms with E-state index in [0.717, 1.165) is 56.7 Å². The maximum absolute atomic E-state index is 5.60. The number of hydrogen-bond acceptors (Lipinski definition) is 4. The van der Waals surface area contributed by atoms with E-state index in [-0.39, 0.29) is 0 Å². The molecule has 6 nitrogen and oxygen atoms in total. The highest BCUT2D eigenvalue weighted by atomic mass is 16.5. The predicted molar refractivity (Wildman–Crippen MR) is 119 cm³/mol. The number of nitrogens with zero attached hydrogens (tertiary/aromatic N) is 3. The second-order valence-corrected chi connectivity index (χ2v) is 6.95. The summed E-state index contributed by atoms with van der Waals surface area (Å²) in [5, 5.41) is 3.53. The van der Waals surface area contributed by atoms with E-state index >= 15 is 0 Å². The number of para-hydroxylation sites is 2. The topological polar surface area (TPSA) is 49.3 Å². The van der Waals surface area contributed by atoms with Gasteiger partial charge in [0.15, 0.2) is 5.96 Å². The molecule has 0 atom stereocenters. The van der Waals surface area contributed by atoms with Gasteiger partial charge in [0, 0.05) is 46.4 Å². The lowest BCUT2D eigenvalue weighted by molar-refractivity contribution is 0.133. The number of aliphatic imine (C=N–C) groups is 1. The third kappa shape index (κ3) is 5.41. The maximum Gasteiger partial charge on any atom is 0.194 e. The van der Waals surface area contributed by atoms with Gasteiger partial charge in [0.25, 0.3) is 0 Å². The van der Waals surface area contributed by atoms with Crippen molar-refractivity contribution in [2.24, 2.45) is 4.99 Å². The molecule has 156 valence electrons. The second-order valence-electron chi connectivity index (χ2n) is 6.95. The van der Waals surface area contributed by atoms with Gasteiger partial charge in [0.1, 0.15) is 5.75 Å². The molecule has 1 heterocycles. The quantitative estimate of drug-likeness (QED) is 0.576. The van der Waals surface area contributed by atoms with Gasteiger partial charge in [-0.2, -0.15) is 0 Å². The Morgan fingerprint density at radius 3 is 2.38 bits per heavy atom. The zero-order valence-corrected chi connectivity index (χ0v) is 17.7. The number of anilines is 1. The van der Waals surface area contributed by atoms with Gasteiger partial charge in [-0.05, 0) is 30.2 Å². The summed E-state index contributed by atoms with van der Waals surface area (Å²) in [4.78, 5) is 9.20. The number of methoxy groups -OCH3 is 1. The summed E-state index contributed by atoms with van der Waals surface area (Å²) in [7, 11) is 3.57. The maximum atomic E-state index is 5.60. The summed E-state index contributed by atoms with van der Waals surface area (Å²) in [5.41, 5.74) is 3.62. The van der Waals surface area contributed by atoms with Crippen LogP contribution in [0.4, 0.5) is 5.69 Å². The molecular formula is C23H32N4O2. The SMILES string of the molecule is CCOCc1ccccc1CNC(=NC)N1CCN(c2ccccc2OC)CC1. The Morgan fingerprint density at radius 1 is 1.00 bits per heavy atom. The molecule has 3 rings (SSSR count). The molecule has 1 aliphatic rings. The molecule has 0 spiro atoms. The summed E-state index contributed by atoms with van der Waals surface area (Å²) >= 11 is 0.